The number of phosphoric ester groups is 2. The van der Waals surface area contributed by atoms with Crippen LogP contribution in [0.4, 0.5) is 0 Å². The number of hydrogen-bond donors (Lipinski definition) is 3. The van der Waals surface area contributed by atoms with Gasteiger partial charge in [-0.2, -0.15) is 0 Å². The number of carbonyl (C=O) groups is 4. The van der Waals surface area contributed by atoms with Crippen LogP contribution in [0.3, 0.4) is 0 Å². The number of phosphoric acid groups is 2. The van der Waals surface area contributed by atoms with Crippen LogP contribution < -0.4 is 0 Å². The van der Waals surface area contributed by atoms with Crippen LogP contribution in [0.2, 0.25) is 0 Å². The molecule has 0 aromatic rings. The lowest BCUT2D eigenvalue weighted by Gasteiger charge is -2.21. The van der Waals surface area contributed by atoms with Gasteiger partial charge in [-0.05, 0) is 37.5 Å². The number of hydrogen-bond acceptors (Lipinski definition) is 15. The lowest BCUT2D eigenvalue weighted by atomic mass is 9.99. The molecule has 0 rings (SSSR count). The van der Waals surface area contributed by atoms with Gasteiger partial charge in [0, 0.05) is 25.7 Å². The average molecular weight is 1480 g/mol. The standard InChI is InChI=1S/C82H160O17P2/c1-7-10-12-14-16-18-20-22-23-24-25-26-31-34-40-46-52-58-64-79(84)92-70-77(98-82(87)67-61-55-49-42-36-32-28-27-30-33-39-45-51-57-63-75(6)9-3)72-96-100(88,89)94-68-76(83)69-95-101(90,91)97-73-78(71-93-80(85)65-59-53-47-43-37-38-44-50-56-62-74(4)5)99-81(86)66-60-54-48-41-35-29-21-19-17-15-13-11-8-2/h74-78,83H,7-73H2,1-6H3,(H,88,89)(H,90,91)/t75?,76-,77-,78-/m1/s1. The van der Waals surface area contributed by atoms with E-state index in [0.717, 1.165) is 102 Å². The van der Waals surface area contributed by atoms with Gasteiger partial charge in [-0.25, -0.2) is 9.13 Å². The second kappa shape index (κ2) is 73.6. The molecule has 17 nitrogen and oxygen atoms in total. The van der Waals surface area contributed by atoms with Crippen molar-refractivity contribution in [1.82, 2.24) is 0 Å². The van der Waals surface area contributed by atoms with Crippen molar-refractivity contribution in [3.8, 4) is 0 Å². The van der Waals surface area contributed by atoms with Crippen molar-refractivity contribution in [3.63, 3.8) is 0 Å². The molecule has 0 bridgehead atoms. The minimum atomic E-state index is -4.96. The van der Waals surface area contributed by atoms with Crippen molar-refractivity contribution < 1.29 is 80.2 Å². The summed E-state index contributed by atoms with van der Waals surface area (Å²) in [4.78, 5) is 73.1. The lowest BCUT2D eigenvalue weighted by Crippen LogP contribution is -2.30. The molecule has 3 N–H and O–H groups in total. The summed E-state index contributed by atoms with van der Waals surface area (Å²) in [7, 11) is -9.92. The summed E-state index contributed by atoms with van der Waals surface area (Å²) in [6.45, 7) is 9.68. The maximum absolute atomic E-state index is 13.1. The molecule has 0 saturated carbocycles. The first-order valence-corrected chi connectivity index (χ1v) is 45.5. The fourth-order valence-corrected chi connectivity index (χ4v) is 14.3. The molecule has 0 fully saturated rings. The molecular formula is C82H160O17P2. The molecule has 0 aliphatic carbocycles. The number of ether oxygens (including phenoxy) is 4. The molecule has 0 spiro atoms. The summed E-state index contributed by atoms with van der Waals surface area (Å²) in [6.07, 6.45) is 63.7. The van der Waals surface area contributed by atoms with Gasteiger partial charge in [-0.15, -0.1) is 0 Å². The summed E-state index contributed by atoms with van der Waals surface area (Å²) in [6, 6.07) is 0. The zero-order valence-electron chi connectivity index (χ0n) is 66.2. The quantitative estimate of drug-likeness (QED) is 0.0222. The minimum Gasteiger partial charge on any atom is -0.462 e. The van der Waals surface area contributed by atoms with Crippen molar-refractivity contribution in [2.45, 2.75) is 452 Å². The molecule has 600 valence electrons. The molecule has 0 aromatic carbocycles. The molecule has 0 heterocycles. The van der Waals surface area contributed by atoms with Crippen LogP contribution in [0.1, 0.15) is 433 Å². The number of esters is 4. The Balaban J connectivity index is 5.25. The highest BCUT2D eigenvalue weighted by molar-refractivity contribution is 7.47. The van der Waals surface area contributed by atoms with E-state index in [9.17, 15) is 43.2 Å². The Hall–Kier alpha value is -1.94. The molecule has 0 aliphatic heterocycles. The van der Waals surface area contributed by atoms with Crippen LogP contribution in [0, 0.1) is 11.8 Å². The number of carbonyl (C=O) groups excluding carboxylic acids is 4. The predicted octanol–water partition coefficient (Wildman–Crippen LogP) is 24.7. The summed E-state index contributed by atoms with van der Waals surface area (Å²) in [5, 5.41) is 10.7. The van der Waals surface area contributed by atoms with E-state index in [2.05, 4.69) is 41.5 Å². The van der Waals surface area contributed by atoms with Gasteiger partial charge in [0.25, 0.3) is 0 Å². The summed E-state index contributed by atoms with van der Waals surface area (Å²) in [5.74, 6) is -0.516. The Morgan fingerprint density at radius 3 is 0.752 bits per heavy atom. The van der Waals surface area contributed by atoms with E-state index in [-0.39, 0.29) is 25.7 Å². The first-order valence-electron chi connectivity index (χ1n) is 42.5. The van der Waals surface area contributed by atoms with E-state index in [4.69, 9.17) is 37.0 Å². The lowest BCUT2D eigenvalue weighted by molar-refractivity contribution is -0.161. The summed E-state index contributed by atoms with van der Waals surface area (Å²) in [5.41, 5.74) is 0. The maximum Gasteiger partial charge on any atom is 0.472 e. The maximum atomic E-state index is 13.1. The predicted molar refractivity (Wildman–Crippen MR) is 414 cm³/mol. The van der Waals surface area contributed by atoms with Crippen LogP contribution >= 0.6 is 15.6 Å². The Bertz CT molecular complexity index is 1940. The molecule has 0 radical (unpaired) electrons. The SMILES string of the molecule is CCCCCCCCCCCCCCCCCCCCC(=O)OC[C@H](COP(=O)(O)OC[C@@H](O)COP(=O)(O)OC[C@@H](COC(=O)CCCCCCCCCCCC(C)C)OC(=O)CCCCCCCCCCCCCCC)OC(=O)CCCCCCCCCCCCCCCCC(C)CC. The Morgan fingerprint density at radius 2 is 0.505 bits per heavy atom. The number of rotatable bonds is 81. The summed E-state index contributed by atoms with van der Waals surface area (Å²) >= 11 is 0. The fourth-order valence-electron chi connectivity index (χ4n) is 12.7. The smallest absolute Gasteiger partial charge is 0.462 e. The summed E-state index contributed by atoms with van der Waals surface area (Å²) < 4.78 is 68.8. The number of aliphatic hydroxyl groups excluding tert-OH is 1. The first-order chi connectivity index (χ1) is 48.9. The molecule has 19 heteroatoms. The van der Waals surface area contributed by atoms with Gasteiger partial charge in [-0.1, -0.05) is 382 Å². The Labute approximate surface area is 619 Å². The van der Waals surface area contributed by atoms with Gasteiger partial charge >= 0.3 is 39.5 Å². The van der Waals surface area contributed by atoms with Crippen LogP contribution in [-0.4, -0.2) is 96.7 Å². The van der Waals surface area contributed by atoms with E-state index < -0.39 is 97.5 Å². The largest absolute Gasteiger partial charge is 0.472 e. The van der Waals surface area contributed by atoms with Crippen LogP contribution in [0.15, 0.2) is 0 Å². The topological polar surface area (TPSA) is 237 Å². The minimum absolute atomic E-state index is 0.108. The Kier molecular flexibility index (Phi) is 72.2. The van der Waals surface area contributed by atoms with Crippen LogP contribution in [0.5, 0.6) is 0 Å². The van der Waals surface area contributed by atoms with Gasteiger partial charge in [0.2, 0.25) is 0 Å². The van der Waals surface area contributed by atoms with Crippen molar-refractivity contribution in [3.05, 3.63) is 0 Å². The highest BCUT2D eigenvalue weighted by Crippen LogP contribution is 2.45. The first kappa shape index (κ1) is 99.1. The van der Waals surface area contributed by atoms with Gasteiger partial charge in [0.05, 0.1) is 26.4 Å². The van der Waals surface area contributed by atoms with Gasteiger partial charge in [0.15, 0.2) is 12.2 Å². The zero-order valence-corrected chi connectivity index (χ0v) is 68.0. The molecule has 0 aromatic heterocycles. The number of unbranched alkanes of at least 4 members (excludes halogenated alkanes) is 50. The average Bonchev–Trinajstić information content (AvgIpc) is 1.02. The highest BCUT2D eigenvalue weighted by Gasteiger charge is 2.30. The van der Waals surface area contributed by atoms with Crippen molar-refractivity contribution in [1.29, 1.82) is 0 Å². The van der Waals surface area contributed by atoms with Crippen molar-refractivity contribution in [2.75, 3.05) is 39.6 Å². The van der Waals surface area contributed by atoms with E-state index >= 15 is 0 Å². The second-order valence-electron chi connectivity index (χ2n) is 30.2. The molecule has 0 aliphatic rings. The van der Waals surface area contributed by atoms with E-state index in [0.29, 0.717) is 25.7 Å². The normalized spacial score (nSPS) is 14.2. The van der Waals surface area contributed by atoms with Crippen molar-refractivity contribution in [2.24, 2.45) is 11.8 Å². The highest BCUT2D eigenvalue weighted by atomic mass is 31.2. The molecule has 101 heavy (non-hydrogen) atoms. The third-order valence-corrected chi connectivity index (χ3v) is 21.5. The molecule has 0 saturated heterocycles. The third-order valence-electron chi connectivity index (χ3n) is 19.6. The van der Waals surface area contributed by atoms with Gasteiger partial charge in [-0.3, -0.25) is 37.3 Å². The zero-order chi connectivity index (χ0) is 74.2. The van der Waals surface area contributed by atoms with Gasteiger partial charge in [0.1, 0.15) is 19.3 Å². The van der Waals surface area contributed by atoms with Gasteiger partial charge < -0.3 is 33.8 Å². The van der Waals surface area contributed by atoms with E-state index in [1.54, 1.807) is 0 Å². The molecule has 3 unspecified atom stereocenters. The third kappa shape index (κ3) is 74.7. The monoisotopic (exact) mass is 1480 g/mol. The van der Waals surface area contributed by atoms with Crippen LogP contribution in [0.25, 0.3) is 0 Å². The fraction of sp³-hybridized carbons (Fsp3) is 0.951. The van der Waals surface area contributed by atoms with E-state index in [1.165, 1.54) is 250 Å². The van der Waals surface area contributed by atoms with E-state index in [1.807, 2.05) is 0 Å². The molecule has 0 amide bonds. The number of aliphatic hydroxyl groups is 1. The second-order valence-corrected chi connectivity index (χ2v) is 33.1. The van der Waals surface area contributed by atoms with Crippen molar-refractivity contribution >= 4 is 39.5 Å². The van der Waals surface area contributed by atoms with Crippen LogP contribution in [-0.2, 0) is 65.4 Å². The molecular weight excluding hydrogens is 1320 g/mol. The Morgan fingerprint density at radius 1 is 0.287 bits per heavy atom. The molecule has 6 atom stereocenters.